The number of nitrogens with zero attached hydrogens (tertiary/aromatic N) is 1. The standard InChI is InChI=1S/C28H40N2O5/c1-7-33-27(29)22-11-14-24(15-12-22)34-17-9-8-10-18-35-25-16-13-23(19-26(25)32-6)28(31)30(20(2)3)21(4)5/h11-16,19-21,29H,7-10,17-18H2,1-6H3. The molecule has 7 nitrogen and oxygen atoms in total. The number of hydrogen-bond donors (Lipinski definition) is 1. The Bertz CT molecular complexity index is 933. The maximum absolute atomic E-state index is 12.9. The van der Waals surface area contributed by atoms with Crippen LogP contribution in [0.25, 0.3) is 0 Å². The number of unbranched alkanes of at least 4 members (excludes halogenated alkanes) is 2. The molecule has 0 aliphatic rings. The molecule has 2 aromatic carbocycles. The Labute approximate surface area is 209 Å². The van der Waals surface area contributed by atoms with Crippen molar-refractivity contribution in [1.82, 2.24) is 4.90 Å². The molecule has 1 amide bonds. The van der Waals surface area contributed by atoms with Gasteiger partial charge in [-0.3, -0.25) is 10.2 Å². The van der Waals surface area contributed by atoms with Gasteiger partial charge in [0.15, 0.2) is 11.5 Å². The SMILES string of the molecule is CCOC(=N)c1ccc(OCCCCCOc2ccc(C(=O)N(C(C)C)C(C)C)cc2OC)cc1. The molecule has 0 atom stereocenters. The lowest BCUT2D eigenvalue weighted by Gasteiger charge is -2.31. The number of rotatable bonds is 14. The van der Waals surface area contributed by atoms with Gasteiger partial charge >= 0.3 is 0 Å². The van der Waals surface area contributed by atoms with Crippen LogP contribution in [0, 0.1) is 5.41 Å². The average Bonchev–Trinajstić information content (AvgIpc) is 2.83. The summed E-state index contributed by atoms with van der Waals surface area (Å²) in [6.07, 6.45) is 2.75. The molecular weight excluding hydrogens is 444 g/mol. The number of carbonyl (C=O) groups excluding carboxylic acids is 1. The third-order valence-electron chi connectivity index (χ3n) is 5.48. The van der Waals surface area contributed by atoms with Crippen molar-refractivity contribution >= 4 is 11.8 Å². The van der Waals surface area contributed by atoms with Gasteiger partial charge < -0.3 is 23.8 Å². The van der Waals surface area contributed by atoms with Crippen molar-refractivity contribution in [1.29, 1.82) is 5.41 Å². The topological polar surface area (TPSA) is 81.1 Å². The molecule has 0 bridgehead atoms. The summed E-state index contributed by atoms with van der Waals surface area (Å²) in [6, 6.07) is 13.0. The highest BCUT2D eigenvalue weighted by Gasteiger charge is 2.22. The zero-order valence-corrected chi connectivity index (χ0v) is 21.9. The molecule has 0 aliphatic carbocycles. The molecule has 192 valence electrons. The van der Waals surface area contributed by atoms with Crippen LogP contribution in [0.1, 0.15) is 69.8 Å². The van der Waals surface area contributed by atoms with Gasteiger partial charge in [-0.2, -0.15) is 0 Å². The molecule has 0 aliphatic heterocycles. The fourth-order valence-corrected chi connectivity index (χ4v) is 3.82. The molecule has 2 aromatic rings. The summed E-state index contributed by atoms with van der Waals surface area (Å²) in [5.41, 5.74) is 1.33. The molecule has 0 unspecified atom stereocenters. The van der Waals surface area contributed by atoms with Gasteiger partial charge in [0.1, 0.15) is 5.75 Å². The molecule has 0 fully saturated rings. The van der Waals surface area contributed by atoms with Crippen LogP contribution in [0.2, 0.25) is 0 Å². The van der Waals surface area contributed by atoms with Crippen LogP contribution in [0.15, 0.2) is 42.5 Å². The number of ether oxygens (including phenoxy) is 4. The van der Waals surface area contributed by atoms with Gasteiger partial charge in [-0.15, -0.1) is 0 Å². The van der Waals surface area contributed by atoms with Crippen molar-refractivity contribution in [3.8, 4) is 17.2 Å². The Morgan fingerprint density at radius 1 is 0.857 bits per heavy atom. The zero-order valence-electron chi connectivity index (χ0n) is 21.9. The predicted octanol–water partition coefficient (Wildman–Crippen LogP) is 5.94. The summed E-state index contributed by atoms with van der Waals surface area (Å²) in [4.78, 5) is 14.8. The van der Waals surface area contributed by atoms with E-state index < -0.39 is 0 Å². The summed E-state index contributed by atoms with van der Waals surface area (Å²) in [5, 5.41) is 7.80. The van der Waals surface area contributed by atoms with Gasteiger partial charge in [-0.05, 0) is 96.3 Å². The van der Waals surface area contributed by atoms with Gasteiger partial charge in [-0.25, -0.2) is 0 Å². The number of hydrogen-bond acceptors (Lipinski definition) is 6. The van der Waals surface area contributed by atoms with E-state index in [9.17, 15) is 4.79 Å². The van der Waals surface area contributed by atoms with Crippen LogP contribution in [0.5, 0.6) is 17.2 Å². The Morgan fingerprint density at radius 3 is 2.03 bits per heavy atom. The van der Waals surface area contributed by atoms with Crippen LogP contribution >= 0.6 is 0 Å². The van der Waals surface area contributed by atoms with Gasteiger partial charge in [0, 0.05) is 23.2 Å². The minimum Gasteiger partial charge on any atom is -0.494 e. The fraction of sp³-hybridized carbons (Fsp3) is 0.500. The maximum Gasteiger partial charge on any atom is 0.254 e. The first-order valence-corrected chi connectivity index (χ1v) is 12.4. The van der Waals surface area contributed by atoms with Gasteiger partial charge in [0.25, 0.3) is 5.91 Å². The minimum atomic E-state index is -0.0120. The molecule has 0 radical (unpaired) electrons. The number of methoxy groups -OCH3 is 1. The second kappa shape index (κ2) is 14.2. The van der Waals surface area contributed by atoms with Crippen LogP contribution < -0.4 is 14.2 Å². The van der Waals surface area contributed by atoms with E-state index in [1.54, 1.807) is 19.2 Å². The largest absolute Gasteiger partial charge is 0.494 e. The molecule has 0 saturated heterocycles. The van der Waals surface area contributed by atoms with E-state index in [0.29, 0.717) is 36.9 Å². The third kappa shape index (κ3) is 8.50. The van der Waals surface area contributed by atoms with E-state index in [2.05, 4.69) is 0 Å². The zero-order chi connectivity index (χ0) is 25.8. The lowest BCUT2D eigenvalue weighted by atomic mass is 10.1. The molecule has 7 heteroatoms. The van der Waals surface area contributed by atoms with Crippen LogP contribution in [0.3, 0.4) is 0 Å². The molecule has 2 rings (SSSR count). The minimum absolute atomic E-state index is 0.0120. The third-order valence-corrected chi connectivity index (χ3v) is 5.48. The molecule has 1 N–H and O–H groups in total. The van der Waals surface area contributed by atoms with Crippen molar-refractivity contribution < 1.29 is 23.7 Å². The maximum atomic E-state index is 12.9. The Kier molecular flexibility index (Phi) is 11.4. The summed E-state index contributed by atoms with van der Waals surface area (Å²) in [7, 11) is 1.59. The van der Waals surface area contributed by atoms with E-state index in [0.717, 1.165) is 30.6 Å². The van der Waals surface area contributed by atoms with Crippen molar-refractivity contribution in [2.24, 2.45) is 0 Å². The first-order chi connectivity index (χ1) is 16.8. The van der Waals surface area contributed by atoms with E-state index in [1.807, 2.05) is 69.9 Å². The highest BCUT2D eigenvalue weighted by Crippen LogP contribution is 2.29. The number of nitrogens with one attached hydrogen (secondary N) is 1. The van der Waals surface area contributed by atoms with Gasteiger partial charge in [0.2, 0.25) is 5.90 Å². The van der Waals surface area contributed by atoms with Crippen molar-refractivity contribution in [3.63, 3.8) is 0 Å². The normalized spacial score (nSPS) is 10.9. The number of carbonyl (C=O) groups is 1. The van der Waals surface area contributed by atoms with E-state index in [4.69, 9.17) is 24.4 Å². The quantitative estimate of drug-likeness (QED) is 0.204. The van der Waals surface area contributed by atoms with Gasteiger partial charge in [-0.1, -0.05) is 0 Å². The first kappa shape index (κ1) is 28.0. The number of amides is 1. The molecule has 0 heterocycles. The van der Waals surface area contributed by atoms with Crippen molar-refractivity contribution in [2.75, 3.05) is 26.9 Å². The average molecular weight is 485 g/mol. The van der Waals surface area contributed by atoms with E-state index >= 15 is 0 Å². The summed E-state index contributed by atoms with van der Waals surface area (Å²) < 4.78 is 22.4. The van der Waals surface area contributed by atoms with Crippen molar-refractivity contribution in [3.05, 3.63) is 53.6 Å². The van der Waals surface area contributed by atoms with E-state index in [-0.39, 0.29) is 23.9 Å². The highest BCUT2D eigenvalue weighted by molar-refractivity contribution is 5.95. The van der Waals surface area contributed by atoms with Crippen molar-refractivity contribution in [2.45, 2.75) is 66.0 Å². The molecular formula is C28H40N2O5. The molecule has 0 aromatic heterocycles. The van der Waals surface area contributed by atoms with Crippen LogP contribution in [-0.2, 0) is 4.74 Å². The van der Waals surface area contributed by atoms with Crippen LogP contribution in [0.4, 0.5) is 0 Å². The second-order valence-electron chi connectivity index (χ2n) is 8.81. The lowest BCUT2D eigenvalue weighted by Crippen LogP contribution is -2.42. The predicted molar refractivity (Wildman–Crippen MR) is 139 cm³/mol. The van der Waals surface area contributed by atoms with E-state index in [1.165, 1.54) is 0 Å². The summed E-state index contributed by atoms with van der Waals surface area (Å²) >= 11 is 0. The molecule has 0 spiro atoms. The Balaban J connectivity index is 1.76. The smallest absolute Gasteiger partial charge is 0.254 e. The fourth-order valence-electron chi connectivity index (χ4n) is 3.82. The van der Waals surface area contributed by atoms with Crippen LogP contribution in [-0.4, -0.2) is 55.7 Å². The number of benzene rings is 2. The lowest BCUT2D eigenvalue weighted by molar-refractivity contribution is 0.0643. The Morgan fingerprint density at radius 2 is 1.46 bits per heavy atom. The molecule has 0 saturated carbocycles. The molecule has 35 heavy (non-hydrogen) atoms. The second-order valence-corrected chi connectivity index (χ2v) is 8.81. The first-order valence-electron chi connectivity index (χ1n) is 12.4. The monoisotopic (exact) mass is 484 g/mol. The summed E-state index contributed by atoms with van der Waals surface area (Å²) in [5.74, 6) is 2.14. The highest BCUT2D eigenvalue weighted by atomic mass is 16.5. The Hall–Kier alpha value is -3.22. The van der Waals surface area contributed by atoms with Gasteiger partial charge in [0.05, 0.1) is 26.9 Å². The summed E-state index contributed by atoms with van der Waals surface area (Å²) in [6.45, 7) is 11.6.